The SMILES string of the molecule is CCC(c1ccc(F)cc1F)N(C)C. The Balaban J connectivity index is 3.04. The number of hydrogen-bond donors (Lipinski definition) is 0. The zero-order chi connectivity index (χ0) is 10.7. The standard InChI is InChI=1S/C11H15F2N/c1-4-11(14(2)3)9-6-5-8(12)7-10(9)13/h5-7,11H,4H2,1-3H3. The van der Waals surface area contributed by atoms with Gasteiger partial charge in [0.1, 0.15) is 11.6 Å². The molecule has 0 radical (unpaired) electrons. The normalized spacial score (nSPS) is 13.3. The first-order valence-corrected chi connectivity index (χ1v) is 4.67. The van der Waals surface area contributed by atoms with Gasteiger partial charge in [-0.3, -0.25) is 0 Å². The van der Waals surface area contributed by atoms with Crippen molar-refractivity contribution in [3.63, 3.8) is 0 Å². The number of halogens is 2. The van der Waals surface area contributed by atoms with Gasteiger partial charge in [0.2, 0.25) is 0 Å². The lowest BCUT2D eigenvalue weighted by molar-refractivity contribution is 0.284. The molecule has 14 heavy (non-hydrogen) atoms. The first-order valence-electron chi connectivity index (χ1n) is 4.67. The van der Waals surface area contributed by atoms with Gasteiger partial charge in [0.25, 0.3) is 0 Å². The molecule has 0 aliphatic heterocycles. The highest BCUT2D eigenvalue weighted by molar-refractivity contribution is 5.22. The molecule has 0 aromatic heterocycles. The summed E-state index contributed by atoms with van der Waals surface area (Å²) in [6, 6.07) is 3.75. The van der Waals surface area contributed by atoms with E-state index in [-0.39, 0.29) is 6.04 Å². The highest BCUT2D eigenvalue weighted by Crippen LogP contribution is 2.24. The molecule has 1 rings (SSSR count). The Labute approximate surface area is 83.3 Å². The van der Waals surface area contributed by atoms with Gasteiger partial charge in [-0.2, -0.15) is 0 Å². The largest absolute Gasteiger partial charge is 0.302 e. The van der Waals surface area contributed by atoms with E-state index in [1.165, 1.54) is 12.1 Å². The smallest absolute Gasteiger partial charge is 0.130 e. The second kappa shape index (κ2) is 4.51. The third-order valence-corrected chi connectivity index (χ3v) is 2.33. The second-order valence-corrected chi connectivity index (χ2v) is 3.55. The van der Waals surface area contributed by atoms with E-state index in [1.807, 2.05) is 25.9 Å². The summed E-state index contributed by atoms with van der Waals surface area (Å²) in [7, 11) is 3.77. The van der Waals surface area contributed by atoms with Crippen molar-refractivity contribution in [1.29, 1.82) is 0 Å². The van der Waals surface area contributed by atoms with Crippen LogP contribution in [0.5, 0.6) is 0 Å². The lowest BCUT2D eigenvalue weighted by atomic mass is 10.0. The highest BCUT2D eigenvalue weighted by atomic mass is 19.1. The van der Waals surface area contributed by atoms with Crippen LogP contribution in [-0.4, -0.2) is 19.0 Å². The summed E-state index contributed by atoms with van der Waals surface area (Å²) in [5, 5.41) is 0. The Kier molecular flexibility index (Phi) is 3.58. The van der Waals surface area contributed by atoms with E-state index in [0.29, 0.717) is 5.56 Å². The molecule has 0 aliphatic rings. The van der Waals surface area contributed by atoms with Crippen molar-refractivity contribution in [2.45, 2.75) is 19.4 Å². The van der Waals surface area contributed by atoms with E-state index in [4.69, 9.17) is 0 Å². The van der Waals surface area contributed by atoms with E-state index in [1.54, 1.807) is 0 Å². The van der Waals surface area contributed by atoms with Crippen molar-refractivity contribution in [3.05, 3.63) is 35.4 Å². The van der Waals surface area contributed by atoms with Gasteiger partial charge in [-0.1, -0.05) is 13.0 Å². The summed E-state index contributed by atoms with van der Waals surface area (Å²) in [6.07, 6.45) is 0.801. The molecule has 0 saturated heterocycles. The molecule has 78 valence electrons. The Morgan fingerprint density at radius 1 is 1.29 bits per heavy atom. The van der Waals surface area contributed by atoms with Crippen LogP contribution in [0.15, 0.2) is 18.2 Å². The van der Waals surface area contributed by atoms with Crippen molar-refractivity contribution in [2.75, 3.05) is 14.1 Å². The third kappa shape index (κ3) is 2.29. The van der Waals surface area contributed by atoms with Crippen LogP contribution in [0, 0.1) is 11.6 Å². The van der Waals surface area contributed by atoms with Crippen molar-refractivity contribution < 1.29 is 8.78 Å². The summed E-state index contributed by atoms with van der Waals surface area (Å²) in [5.74, 6) is -0.995. The summed E-state index contributed by atoms with van der Waals surface area (Å²) >= 11 is 0. The maximum Gasteiger partial charge on any atom is 0.130 e. The van der Waals surface area contributed by atoms with Crippen LogP contribution in [0.2, 0.25) is 0 Å². The van der Waals surface area contributed by atoms with Gasteiger partial charge in [0, 0.05) is 17.7 Å². The van der Waals surface area contributed by atoms with Crippen LogP contribution >= 0.6 is 0 Å². The Morgan fingerprint density at radius 2 is 1.93 bits per heavy atom. The molecule has 0 amide bonds. The maximum atomic E-state index is 13.4. The van der Waals surface area contributed by atoms with Crippen molar-refractivity contribution >= 4 is 0 Å². The van der Waals surface area contributed by atoms with Crippen LogP contribution in [-0.2, 0) is 0 Å². The van der Waals surface area contributed by atoms with Crippen LogP contribution in [0.3, 0.4) is 0 Å². The molecule has 1 aromatic carbocycles. The third-order valence-electron chi connectivity index (χ3n) is 2.33. The molecule has 0 fully saturated rings. The quantitative estimate of drug-likeness (QED) is 0.723. The van der Waals surface area contributed by atoms with Gasteiger partial charge in [-0.25, -0.2) is 8.78 Å². The predicted molar refractivity (Wildman–Crippen MR) is 53.1 cm³/mol. The summed E-state index contributed by atoms with van der Waals surface area (Å²) in [6.45, 7) is 1.98. The van der Waals surface area contributed by atoms with Crippen LogP contribution in [0.1, 0.15) is 24.9 Å². The van der Waals surface area contributed by atoms with Crippen molar-refractivity contribution in [2.24, 2.45) is 0 Å². The number of rotatable bonds is 3. The van der Waals surface area contributed by atoms with E-state index >= 15 is 0 Å². The minimum Gasteiger partial charge on any atom is -0.302 e. The first kappa shape index (κ1) is 11.1. The summed E-state index contributed by atoms with van der Waals surface area (Å²) in [5.41, 5.74) is 0.555. The average molecular weight is 199 g/mol. The van der Waals surface area contributed by atoms with E-state index in [9.17, 15) is 8.78 Å². The molecule has 0 aliphatic carbocycles. The Hall–Kier alpha value is -0.960. The number of nitrogens with zero attached hydrogens (tertiary/aromatic N) is 1. The average Bonchev–Trinajstić information content (AvgIpc) is 2.09. The predicted octanol–water partition coefficient (Wildman–Crippen LogP) is 2.98. The number of hydrogen-bond acceptors (Lipinski definition) is 1. The molecule has 1 unspecified atom stereocenters. The maximum absolute atomic E-state index is 13.4. The second-order valence-electron chi connectivity index (χ2n) is 3.55. The molecule has 0 heterocycles. The minimum absolute atomic E-state index is 0.00981. The molecule has 1 aromatic rings. The van der Waals surface area contributed by atoms with Crippen LogP contribution in [0.25, 0.3) is 0 Å². The first-order chi connectivity index (χ1) is 6.56. The van der Waals surface area contributed by atoms with Crippen molar-refractivity contribution in [3.8, 4) is 0 Å². The zero-order valence-corrected chi connectivity index (χ0v) is 8.72. The van der Waals surface area contributed by atoms with E-state index in [0.717, 1.165) is 12.5 Å². The summed E-state index contributed by atoms with van der Waals surface area (Å²) in [4.78, 5) is 1.93. The van der Waals surface area contributed by atoms with Crippen LogP contribution < -0.4 is 0 Å². The van der Waals surface area contributed by atoms with Crippen molar-refractivity contribution in [1.82, 2.24) is 4.90 Å². The molecular weight excluding hydrogens is 184 g/mol. The number of benzene rings is 1. The molecule has 1 nitrogen and oxygen atoms in total. The molecule has 0 saturated carbocycles. The Morgan fingerprint density at radius 3 is 2.36 bits per heavy atom. The molecular formula is C11H15F2N. The molecule has 3 heteroatoms. The summed E-state index contributed by atoms with van der Waals surface area (Å²) < 4.78 is 26.0. The lowest BCUT2D eigenvalue weighted by Gasteiger charge is -2.23. The zero-order valence-electron chi connectivity index (χ0n) is 8.72. The van der Waals surface area contributed by atoms with E-state index in [2.05, 4.69) is 0 Å². The van der Waals surface area contributed by atoms with Gasteiger partial charge in [-0.15, -0.1) is 0 Å². The minimum atomic E-state index is -0.528. The van der Waals surface area contributed by atoms with Crippen LogP contribution in [0.4, 0.5) is 8.78 Å². The topological polar surface area (TPSA) is 3.24 Å². The fourth-order valence-corrected chi connectivity index (χ4v) is 1.63. The molecule has 0 bridgehead atoms. The fourth-order valence-electron chi connectivity index (χ4n) is 1.63. The van der Waals surface area contributed by atoms with Gasteiger partial charge in [0.05, 0.1) is 0 Å². The molecule has 0 N–H and O–H groups in total. The van der Waals surface area contributed by atoms with E-state index < -0.39 is 11.6 Å². The fraction of sp³-hybridized carbons (Fsp3) is 0.455. The molecule has 0 spiro atoms. The van der Waals surface area contributed by atoms with Gasteiger partial charge in [0.15, 0.2) is 0 Å². The monoisotopic (exact) mass is 199 g/mol. The van der Waals surface area contributed by atoms with Gasteiger partial charge >= 0.3 is 0 Å². The lowest BCUT2D eigenvalue weighted by Crippen LogP contribution is -2.20. The Bertz CT molecular complexity index is 310. The van der Waals surface area contributed by atoms with Gasteiger partial charge < -0.3 is 4.90 Å². The molecule has 1 atom stereocenters. The highest BCUT2D eigenvalue weighted by Gasteiger charge is 2.16. The van der Waals surface area contributed by atoms with Gasteiger partial charge in [-0.05, 0) is 26.6 Å².